The molecule has 3 rings (SSSR count). The van der Waals surface area contributed by atoms with E-state index in [4.69, 9.17) is 5.73 Å². The third-order valence-corrected chi connectivity index (χ3v) is 3.73. The van der Waals surface area contributed by atoms with Crippen molar-refractivity contribution in [2.24, 2.45) is 12.0 Å². The first-order valence-corrected chi connectivity index (χ1v) is 7.02. The number of phenolic OH excluding ortho intramolecular Hbond substituents is 1. The van der Waals surface area contributed by atoms with Gasteiger partial charge in [-0.15, -0.1) is 0 Å². The Morgan fingerprint density at radius 2 is 1.64 bits per heavy atom. The molecule has 0 atom stereocenters. The molecule has 0 aliphatic rings. The number of para-hydroxylation sites is 3. The van der Waals surface area contributed by atoms with E-state index in [0.29, 0.717) is 16.9 Å². The minimum Gasteiger partial charge on any atom is -0.506 e. The summed E-state index contributed by atoms with van der Waals surface area (Å²) in [5.41, 5.74) is 9.78. The minimum atomic E-state index is 0.128. The lowest BCUT2D eigenvalue weighted by Crippen LogP contribution is -2.22. The maximum atomic E-state index is 9.95. The van der Waals surface area contributed by atoms with Gasteiger partial charge in [0.25, 0.3) is 0 Å². The number of aromatic hydroxyl groups is 1. The first-order chi connectivity index (χ1) is 10.6. The third kappa shape index (κ3) is 2.26. The first-order valence-electron chi connectivity index (χ1n) is 7.02. The molecule has 5 heteroatoms. The van der Waals surface area contributed by atoms with E-state index in [0.717, 1.165) is 11.4 Å². The number of nitrogen functional groups attached to an aromatic ring is 1. The molecule has 22 heavy (non-hydrogen) atoms. The number of nitrogens with two attached hydrogens (primary N) is 1. The molecule has 0 aliphatic carbocycles. The third-order valence-electron chi connectivity index (χ3n) is 3.73. The van der Waals surface area contributed by atoms with Crippen LogP contribution < -0.4 is 11.2 Å². The Kier molecular flexibility index (Phi) is 3.47. The Bertz CT molecular complexity index is 875. The summed E-state index contributed by atoms with van der Waals surface area (Å²) in [5.74, 6) is 0.128. The molecule has 1 heterocycles. The second-order valence-corrected chi connectivity index (χ2v) is 5.09. The Balaban J connectivity index is 2.33. The van der Waals surface area contributed by atoms with E-state index >= 15 is 0 Å². The Morgan fingerprint density at radius 1 is 1.00 bits per heavy atom. The van der Waals surface area contributed by atoms with Crippen molar-refractivity contribution in [3.8, 4) is 11.4 Å². The topological polar surface area (TPSA) is 68.5 Å². The minimum absolute atomic E-state index is 0.128. The fourth-order valence-electron chi connectivity index (χ4n) is 2.39. The monoisotopic (exact) mass is 294 g/mol. The van der Waals surface area contributed by atoms with Gasteiger partial charge in [-0.1, -0.05) is 30.3 Å². The van der Waals surface area contributed by atoms with Gasteiger partial charge in [0.2, 0.25) is 0 Å². The Labute approximate surface area is 128 Å². The predicted octanol–water partition coefficient (Wildman–Crippen LogP) is 2.64. The number of hydrogen-bond donors (Lipinski definition) is 2. The summed E-state index contributed by atoms with van der Waals surface area (Å²) in [7, 11) is 1.93. The number of anilines is 1. The van der Waals surface area contributed by atoms with Gasteiger partial charge in [0.05, 0.1) is 17.1 Å². The molecule has 3 N–H and O–H groups in total. The van der Waals surface area contributed by atoms with Gasteiger partial charge in [-0.25, -0.2) is 9.67 Å². The number of benzene rings is 2. The molecule has 0 radical (unpaired) electrons. The molecule has 0 fully saturated rings. The van der Waals surface area contributed by atoms with Crippen LogP contribution in [0.1, 0.15) is 5.69 Å². The van der Waals surface area contributed by atoms with E-state index in [1.165, 1.54) is 0 Å². The number of aromatic nitrogens is 2. The van der Waals surface area contributed by atoms with Crippen molar-refractivity contribution in [2.45, 2.75) is 6.92 Å². The van der Waals surface area contributed by atoms with Gasteiger partial charge in [0.1, 0.15) is 11.4 Å². The molecule has 0 saturated heterocycles. The molecule has 112 valence electrons. The lowest BCUT2D eigenvalue weighted by molar-refractivity contribution is 0.476. The van der Waals surface area contributed by atoms with Gasteiger partial charge in [0.15, 0.2) is 5.49 Å². The molecule has 0 aliphatic heterocycles. The van der Waals surface area contributed by atoms with Crippen LogP contribution in [0.3, 0.4) is 0 Å². The van der Waals surface area contributed by atoms with Crippen LogP contribution in [0.25, 0.3) is 5.69 Å². The van der Waals surface area contributed by atoms with Crippen LogP contribution in [0.2, 0.25) is 0 Å². The van der Waals surface area contributed by atoms with Crippen LogP contribution in [0, 0.1) is 6.92 Å². The number of hydrogen-bond acceptors (Lipinski definition) is 3. The van der Waals surface area contributed by atoms with Crippen LogP contribution in [0.15, 0.2) is 59.6 Å². The van der Waals surface area contributed by atoms with Crippen molar-refractivity contribution in [1.82, 2.24) is 9.36 Å². The lowest BCUT2D eigenvalue weighted by atomic mass is 10.3. The molecule has 0 unspecified atom stereocenters. The molecule has 1 aromatic heterocycles. The molecule has 0 amide bonds. The van der Waals surface area contributed by atoms with Crippen molar-refractivity contribution in [3.63, 3.8) is 0 Å². The lowest BCUT2D eigenvalue weighted by Gasteiger charge is -2.09. The summed E-state index contributed by atoms with van der Waals surface area (Å²) in [4.78, 5) is 4.57. The average Bonchev–Trinajstić information content (AvgIpc) is 2.75. The Morgan fingerprint density at radius 3 is 2.32 bits per heavy atom. The normalized spacial score (nSPS) is 11.8. The highest BCUT2D eigenvalue weighted by Gasteiger charge is 2.12. The number of nitrogens with zero attached hydrogens (tertiary/aromatic N) is 3. The van der Waals surface area contributed by atoms with Gasteiger partial charge in [-0.05, 0) is 31.2 Å². The molecule has 0 saturated carbocycles. The van der Waals surface area contributed by atoms with Crippen molar-refractivity contribution < 1.29 is 5.11 Å². The highest BCUT2D eigenvalue weighted by Crippen LogP contribution is 2.25. The van der Waals surface area contributed by atoms with Crippen LogP contribution in [0.4, 0.5) is 11.4 Å². The molecule has 0 spiro atoms. The number of phenols is 1. The maximum Gasteiger partial charge on any atom is 0.178 e. The molecule has 3 aromatic rings. The van der Waals surface area contributed by atoms with Crippen LogP contribution in [-0.2, 0) is 7.05 Å². The van der Waals surface area contributed by atoms with E-state index in [1.54, 1.807) is 18.2 Å². The second kappa shape index (κ2) is 5.44. The van der Waals surface area contributed by atoms with E-state index in [9.17, 15) is 5.11 Å². The van der Waals surface area contributed by atoms with Gasteiger partial charge in [0, 0.05) is 7.05 Å². The standard InChI is InChI=1S/C17H18N4O/c1-12-16(18)17(19-14-10-6-7-11-15(14)22)21(20(12)2)13-8-4-3-5-9-13/h3-11,22H,18H2,1-2H3. The zero-order valence-electron chi connectivity index (χ0n) is 12.6. The van der Waals surface area contributed by atoms with E-state index in [2.05, 4.69) is 4.99 Å². The SMILES string of the molecule is Cc1c(N)c(=Nc2ccccc2O)n(-c2ccccc2)n1C. The maximum absolute atomic E-state index is 9.95. The molecule has 0 bridgehead atoms. The van der Waals surface area contributed by atoms with Gasteiger partial charge in [-0.2, -0.15) is 0 Å². The zero-order chi connectivity index (χ0) is 15.7. The van der Waals surface area contributed by atoms with Crippen LogP contribution >= 0.6 is 0 Å². The van der Waals surface area contributed by atoms with Crippen molar-refractivity contribution >= 4 is 11.4 Å². The van der Waals surface area contributed by atoms with Gasteiger partial charge >= 0.3 is 0 Å². The van der Waals surface area contributed by atoms with Crippen LogP contribution in [0.5, 0.6) is 5.75 Å². The average molecular weight is 294 g/mol. The summed E-state index contributed by atoms with van der Waals surface area (Å²) >= 11 is 0. The summed E-state index contributed by atoms with van der Waals surface area (Å²) in [6.07, 6.45) is 0. The zero-order valence-corrected chi connectivity index (χ0v) is 12.6. The molecule has 2 aromatic carbocycles. The smallest absolute Gasteiger partial charge is 0.178 e. The molecule has 5 nitrogen and oxygen atoms in total. The fourth-order valence-corrected chi connectivity index (χ4v) is 2.39. The quantitative estimate of drug-likeness (QED) is 0.763. The molecular weight excluding hydrogens is 276 g/mol. The van der Waals surface area contributed by atoms with E-state index in [1.807, 2.05) is 59.7 Å². The van der Waals surface area contributed by atoms with Crippen molar-refractivity contribution in [1.29, 1.82) is 0 Å². The highest BCUT2D eigenvalue weighted by atomic mass is 16.3. The predicted molar refractivity (Wildman–Crippen MR) is 87.2 cm³/mol. The van der Waals surface area contributed by atoms with Crippen molar-refractivity contribution in [2.75, 3.05) is 5.73 Å². The van der Waals surface area contributed by atoms with Gasteiger partial charge in [-0.3, -0.25) is 4.68 Å². The largest absolute Gasteiger partial charge is 0.506 e. The van der Waals surface area contributed by atoms with Crippen LogP contribution in [-0.4, -0.2) is 14.5 Å². The summed E-state index contributed by atoms with van der Waals surface area (Å²) < 4.78 is 3.88. The first kappa shape index (κ1) is 14.0. The summed E-state index contributed by atoms with van der Waals surface area (Å²) in [6.45, 7) is 1.94. The second-order valence-electron chi connectivity index (χ2n) is 5.09. The van der Waals surface area contributed by atoms with E-state index in [-0.39, 0.29) is 5.75 Å². The summed E-state index contributed by atoms with van der Waals surface area (Å²) in [5, 5.41) is 9.95. The van der Waals surface area contributed by atoms with Gasteiger partial charge < -0.3 is 10.8 Å². The van der Waals surface area contributed by atoms with Crippen molar-refractivity contribution in [3.05, 3.63) is 65.8 Å². The Hall–Kier alpha value is -2.95. The van der Waals surface area contributed by atoms with E-state index < -0.39 is 0 Å². The molecular formula is C17H18N4O. The highest BCUT2D eigenvalue weighted by molar-refractivity contribution is 5.52. The number of rotatable bonds is 2. The summed E-state index contributed by atoms with van der Waals surface area (Å²) in [6, 6.07) is 16.8. The fraction of sp³-hybridized carbons (Fsp3) is 0.118.